The maximum Gasteiger partial charge on any atom is 0.172 e. The number of Topliss-reactive ketones (excluding diaryl/α,β-unsaturated/α-hetero) is 1. The van der Waals surface area contributed by atoms with Crippen LogP contribution in [-0.2, 0) is 0 Å². The molecule has 1 fully saturated rings. The Hall–Kier alpha value is -1.35. The summed E-state index contributed by atoms with van der Waals surface area (Å²) in [5.74, 6) is 1.01. The molecule has 16 heavy (non-hydrogen) atoms. The van der Waals surface area contributed by atoms with Crippen molar-refractivity contribution in [1.82, 2.24) is 5.32 Å². The van der Waals surface area contributed by atoms with Gasteiger partial charge in [0.25, 0.3) is 0 Å². The van der Waals surface area contributed by atoms with Crippen LogP contribution < -0.4 is 10.1 Å². The molecule has 2 rings (SSSR count). The minimum atomic E-state index is 0.121. The van der Waals surface area contributed by atoms with Crippen molar-refractivity contribution in [3.05, 3.63) is 28.8 Å². The summed E-state index contributed by atoms with van der Waals surface area (Å²) in [6.45, 7) is 5.62. The molecule has 0 radical (unpaired) electrons. The standard InChI is InChI=1S/C13H17NO2/c1-8-4-11(12(16-3)5-9(8)2)13(15)10-6-14-7-10/h4-5,10,14H,6-7H2,1-3H3. The van der Waals surface area contributed by atoms with Gasteiger partial charge in [-0.05, 0) is 37.1 Å². The SMILES string of the molecule is COc1cc(C)c(C)cc1C(=O)C1CNC1. The number of carbonyl (C=O) groups is 1. The second-order valence-electron chi connectivity index (χ2n) is 4.36. The number of nitrogens with one attached hydrogen (secondary N) is 1. The fraction of sp³-hybridized carbons (Fsp3) is 0.462. The molecular weight excluding hydrogens is 202 g/mol. The highest BCUT2D eigenvalue weighted by atomic mass is 16.5. The van der Waals surface area contributed by atoms with E-state index in [1.807, 2.05) is 26.0 Å². The van der Waals surface area contributed by atoms with Gasteiger partial charge >= 0.3 is 0 Å². The summed E-state index contributed by atoms with van der Waals surface area (Å²) in [4.78, 5) is 12.2. The van der Waals surface area contributed by atoms with Crippen LogP contribution in [-0.4, -0.2) is 26.0 Å². The monoisotopic (exact) mass is 219 g/mol. The van der Waals surface area contributed by atoms with Crippen LogP contribution in [0.25, 0.3) is 0 Å². The van der Waals surface area contributed by atoms with E-state index in [0.29, 0.717) is 5.75 Å². The van der Waals surface area contributed by atoms with Gasteiger partial charge in [0.1, 0.15) is 5.75 Å². The highest BCUT2D eigenvalue weighted by molar-refractivity contribution is 6.01. The van der Waals surface area contributed by atoms with Crippen molar-refractivity contribution in [1.29, 1.82) is 0 Å². The van der Waals surface area contributed by atoms with E-state index >= 15 is 0 Å². The number of hydrogen-bond acceptors (Lipinski definition) is 3. The molecule has 0 amide bonds. The average Bonchev–Trinajstić information content (AvgIpc) is 2.18. The Labute approximate surface area is 95.8 Å². The van der Waals surface area contributed by atoms with E-state index in [1.54, 1.807) is 7.11 Å². The topological polar surface area (TPSA) is 38.3 Å². The number of benzene rings is 1. The van der Waals surface area contributed by atoms with E-state index in [4.69, 9.17) is 4.74 Å². The molecule has 1 aromatic rings. The number of aryl methyl sites for hydroxylation is 2. The molecule has 3 nitrogen and oxygen atoms in total. The third kappa shape index (κ3) is 1.83. The van der Waals surface area contributed by atoms with Crippen LogP contribution in [0.3, 0.4) is 0 Å². The highest BCUT2D eigenvalue weighted by Crippen LogP contribution is 2.26. The maximum atomic E-state index is 12.2. The zero-order valence-electron chi connectivity index (χ0n) is 9.96. The molecule has 1 saturated heterocycles. The van der Waals surface area contributed by atoms with Crippen molar-refractivity contribution >= 4 is 5.78 Å². The van der Waals surface area contributed by atoms with Gasteiger partial charge in [0, 0.05) is 19.0 Å². The lowest BCUT2D eigenvalue weighted by molar-refractivity contribution is 0.0875. The summed E-state index contributed by atoms with van der Waals surface area (Å²) < 4.78 is 5.28. The Morgan fingerprint density at radius 2 is 1.94 bits per heavy atom. The van der Waals surface area contributed by atoms with Gasteiger partial charge in [0.05, 0.1) is 12.7 Å². The lowest BCUT2D eigenvalue weighted by atomic mass is 9.90. The van der Waals surface area contributed by atoms with Gasteiger partial charge in [0.15, 0.2) is 5.78 Å². The lowest BCUT2D eigenvalue weighted by Gasteiger charge is -2.26. The number of carbonyl (C=O) groups excluding carboxylic acids is 1. The highest BCUT2D eigenvalue weighted by Gasteiger charge is 2.28. The summed E-state index contributed by atoms with van der Waals surface area (Å²) in [7, 11) is 1.61. The second kappa shape index (κ2) is 4.26. The van der Waals surface area contributed by atoms with Crippen LogP contribution in [0, 0.1) is 19.8 Å². The normalized spacial score (nSPS) is 15.7. The molecule has 3 heteroatoms. The van der Waals surface area contributed by atoms with Gasteiger partial charge in [-0.1, -0.05) is 0 Å². The molecule has 0 atom stereocenters. The number of hydrogen-bond donors (Lipinski definition) is 1. The van der Waals surface area contributed by atoms with Crippen LogP contribution >= 0.6 is 0 Å². The molecule has 0 bridgehead atoms. The summed E-state index contributed by atoms with van der Waals surface area (Å²) in [5.41, 5.74) is 3.01. The number of methoxy groups -OCH3 is 1. The Balaban J connectivity index is 2.37. The van der Waals surface area contributed by atoms with Crippen LogP contribution in [0.15, 0.2) is 12.1 Å². The van der Waals surface area contributed by atoms with Gasteiger partial charge in [-0.25, -0.2) is 0 Å². The van der Waals surface area contributed by atoms with Crippen LogP contribution in [0.1, 0.15) is 21.5 Å². The lowest BCUT2D eigenvalue weighted by Crippen LogP contribution is -2.46. The predicted octanol–water partition coefficient (Wildman–Crippen LogP) is 1.71. The van der Waals surface area contributed by atoms with E-state index in [-0.39, 0.29) is 11.7 Å². The second-order valence-corrected chi connectivity index (χ2v) is 4.36. The molecule has 1 aliphatic heterocycles. The van der Waals surface area contributed by atoms with Crippen molar-refractivity contribution in [2.75, 3.05) is 20.2 Å². The Morgan fingerprint density at radius 3 is 2.44 bits per heavy atom. The van der Waals surface area contributed by atoms with Crippen molar-refractivity contribution in [3.63, 3.8) is 0 Å². The summed E-state index contributed by atoms with van der Waals surface area (Å²) in [5, 5.41) is 3.11. The first-order valence-electron chi connectivity index (χ1n) is 5.53. The first-order valence-corrected chi connectivity index (χ1v) is 5.53. The third-order valence-electron chi connectivity index (χ3n) is 3.23. The van der Waals surface area contributed by atoms with Gasteiger partial charge in [-0.15, -0.1) is 0 Å². The van der Waals surface area contributed by atoms with Gasteiger partial charge in [0.2, 0.25) is 0 Å². The first kappa shape index (κ1) is 11.1. The van der Waals surface area contributed by atoms with Crippen molar-refractivity contribution < 1.29 is 9.53 Å². The van der Waals surface area contributed by atoms with E-state index < -0.39 is 0 Å². The molecule has 1 aliphatic rings. The Kier molecular flexibility index (Phi) is 2.97. The molecule has 0 aromatic heterocycles. The minimum absolute atomic E-state index is 0.121. The van der Waals surface area contributed by atoms with E-state index in [1.165, 1.54) is 0 Å². The molecule has 1 heterocycles. The molecule has 0 aliphatic carbocycles. The van der Waals surface area contributed by atoms with Gasteiger partial charge in [-0.3, -0.25) is 4.79 Å². The maximum absolute atomic E-state index is 12.2. The average molecular weight is 219 g/mol. The van der Waals surface area contributed by atoms with E-state index in [2.05, 4.69) is 5.32 Å². The van der Waals surface area contributed by atoms with Crippen LogP contribution in [0.4, 0.5) is 0 Å². The zero-order valence-corrected chi connectivity index (χ0v) is 9.96. The molecule has 1 aromatic carbocycles. The van der Waals surface area contributed by atoms with Crippen LogP contribution in [0.2, 0.25) is 0 Å². The van der Waals surface area contributed by atoms with Crippen molar-refractivity contribution in [2.24, 2.45) is 5.92 Å². The largest absolute Gasteiger partial charge is 0.496 e. The van der Waals surface area contributed by atoms with Crippen molar-refractivity contribution in [2.45, 2.75) is 13.8 Å². The number of ketones is 1. The minimum Gasteiger partial charge on any atom is -0.496 e. The summed E-state index contributed by atoms with van der Waals surface area (Å²) >= 11 is 0. The molecule has 86 valence electrons. The third-order valence-corrected chi connectivity index (χ3v) is 3.23. The molecular formula is C13H17NO2. The molecule has 1 N–H and O–H groups in total. The Bertz CT molecular complexity index is 422. The molecule has 0 spiro atoms. The number of rotatable bonds is 3. The van der Waals surface area contributed by atoms with E-state index in [9.17, 15) is 4.79 Å². The van der Waals surface area contributed by atoms with Gasteiger partial charge in [-0.2, -0.15) is 0 Å². The fourth-order valence-corrected chi connectivity index (χ4v) is 1.85. The zero-order chi connectivity index (χ0) is 11.7. The predicted molar refractivity (Wildman–Crippen MR) is 63.2 cm³/mol. The first-order chi connectivity index (χ1) is 7.63. The van der Waals surface area contributed by atoms with Crippen molar-refractivity contribution in [3.8, 4) is 5.75 Å². The number of ether oxygens (including phenoxy) is 1. The molecule has 0 unspecified atom stereocenters. The summed E-state index contributed by atoms with van der Waals surface area (Å²) in [6.07, 6.45) is 0. The fourth-order valence-electron chi connectivity index (χ4n) is 1.85. The Morgan fingerprint density at radius 1 is 1.31 bits per heavy atom. The van der Waals surface area contributed by atoms with E-state index in [0.717, 1.165) is 29.8 Å². The molecule has 0 saturated carbocycles. The van der Waals surface area contributed by atoms with Gasteiger partial charge < -0.3 is 10.1 Å². The summed E-state index contributed by atoms with van der Waals surface area (Å²) in [6, 6.07) is 3.88. The quantitative estimate of drug-likeness (QED) is 0.787. The smallest absolute Gasteiger partial charge is 0.172 e. The van der Waals surface area contributed by atoms with Crippen LogP contribution in [0.5, 0.6) is 5.75 Å².